The fourth-order valence-electron chi connectivity index (χ4n) is 4.40. The Kier molecular flexibility index (Phi) is 3.68. The van der Waals surface area contributed by atoms with Crippen LogP contribution in [-0.4, -0.2) is 22.7 Å². The van der Waals surface area contributed by atoms with Gasteiger partial charge in [-0.1, -0.05) is 19.1 Å². The molecule has 4 atom stereocenters. The minimum absolute atomic E-state index is 0.0977. The third-order valence-electron chi connectivity index (χ3n) is 5.45. The number of pyridine rings is 1. The van der Waals surface area contributed by atoms with Crippen LogP contribution in [0.4, 0.5) is 13.2 Å². The maximum absolute atomic E-state index is 12.6. The van der Waals surface area contributed by atoms with E-state index in [1.807, 2.05) is 6.08 Å². The van der Waals surface area contributed by atoms with Gasteiger partial charge in [-0.15, -0.1) is 0 Å². The third-order valence-corrected chi connectivity index (χ3v) is 5.45. The summed E-state index contributed by atoms with van der Waals surface area (Å²) in [5.74, 6) is 0.155. The van der Waals surface area contributed by atoms with Gasteiger partial charge in [-0.2, -0.15) is 13.2 Å². The van der Waals surface area contributed by atoms with Gasteiger partial charge in [-0.05, 0) is 42.7 Å². The molecule has 0 amide bonds. The predicted octanol–water partition coefficient (Wildman–Crippen LogP) is 3.66. The summed E-state index contributed by atoms with van der Waals surface area (Å²) in [7, 11) is 0. The number of carbonyl (C=O) groups excluding carboxylic acids is 1. The number of alkyl halides is 3. The van der Waals surface area contributed by atoms with Crippen molar-refractivity contribution in [2.75, 3.05) is 0 Å². The van der Waals surface area contributed by atoms with Gasteiger partial charge in [-0.25, -0.2) is 4.79 Å². The molecule has 134 valence electrons. The minimum atomic E-state index is -4.46. The van der Waals surface area contributed by atoms with Crippen LogP contribution < -0.4 is 0 Å². The molecule has 7 heteroatoms. The number of carbonyl (C=O) groups is 1. The summed E-state index contributed by atoms with van der Waals surface area (Å²) in [5, 5.41) is 0. The maximum atomic E-state index is 12.6. The van der Waals surface area contributed by atoms with Crippen LogP contribution in [-0.2, 0) is 27.1 Å². The largest absolute Gasteiger partial charge is 0.455 e. The molecule has 4 nitrogen and oxygen atoms in total. The molecule has 1 unspecified atom stereocenters. The van der Waals surface area contributed by atoms with Crippen LogP contribution >= 0.6 is 0 Å². The molecule has 3 aliphatic rings. The second kappa shape index (κ2) is 5.56. The molecule has 4 rings (SSSR count). The molecule has 25 heavy (non-hydrogen) atoms. The SMILES string of the molecule is C[C@@H]1C=C2C(=O)O[C@@H]3CCC(C1)[C@]23OCc1ccc(C(F)(F)F)nc1. The normalized spacial score (nSPS) is 33.8. The summed E-state index contributed by atoms with van der Waals surface area (Å²) >= 11 is 0. The van der Waals surface area contributed by atoms with E-state index in [0.717, 1.165) is 25.3 Å². The highest BCUT2D eigenvalue weighted by molar-refractivity contribution is 5.94. The quantitative estimate of drug-likeness (QED) is 0.778. The van der Waals surface area contributed by atoms with E-state index in [9.17, 15) is 18.0 Å². The van der Waals surface area contributed by atoms with Crippen molar-refractivity contribution in [1.82, 2.24) is 4.98 Å². The second-order valence-corrected chi connectivity index (χ2v) is 7.09. The average molecular weight is 353 g/mol. The Hall–Kier alpha value is -1.89. The fraction of sp³-hybridized carbons (Fsp3) is 0.556. The number of nitrogens with zero attached hydrogens (tertiary/aromatic N) is 1. The van der Waals surface area contributed by atoms with Crippen LogP contribution in [0.15, 0.2) is 30.0 Å². The van der Waals surface area contributed by atoms with E-state index in [4.69, 9.17) is 9.47 Å². The third kappa shape index (κ3) is 2.56. The number of hydrogen-bond donors (Lipinski definition) is 0. The van der Waals surface area contributed by atoms with Gasteiger partial charge in [0.05, 0.1) is 12.2 Å². The molecule has 1 aromatic heterocycles. The Morgan fingerprint density at radius 1 is 1.36 bits per heavy atom. The van der Waals surface area contributed by atoms with Gasteiger partial charge in [0.2, 0.25) is 0 Å². The average Bonchev–Trinajstić information content (AvgIpc) is 3.03. The monoisotopic (exact) mass is 353 g/mol. The number of esters is 1. The fourth-order valence-corrected chi connectivity index (χ4v) is 4.40. The molecule has 0 bridgehead atoms. The zero-order valence-corrected chi connectivity index (χ0v) is 13.7. The number of halogens is 3. The van der Waals surface area contributed by atoms with Crippen molar-refractivity contribution in [2.24, 2.45) is 11.8 Å². The van der Waals surface area contributed by atoms with Crippen LogP contribution in [0, 0.1) is 11.8 Å². The van der Waals surface area contributed by atoms with E-state index >= 15 is 0 Å². The highest BCUT2D eigenvalue weighted by Gasteiger charge is 2.63. The molecule has 0 aromatic carbocycles. The molecule has 2 heterocycles. The highest BCUT2D eigenvalue weighted by Crippen LogP contribution is 2.55. The smallest absolute Gasteiger partial charge is 0.433 e. The van der Waals surface area contributed by atoms with Gasteiger partial charge >= 0.3 is 12.1 Å². The first-order valence-corrected chi connectivity index (χ1v) is 8.40. The van der Waals surface area contributed by atoms with E-state index in [1.165, 1.54) is 12.3 Å². The number of ether oxygens (including phenoxy) is 2. The lowest BCUT2D eigenvalue weighted by atomic mass is 9.73. The Labute approximate surface area is 143 Å². The van der Waals surface area contributed by atoms with Crippen LogP contribution in [0.2, 0.25) is 0 Å². The summed E-state index contributed by atoms with van der Waals surface area (Å²) in [6.45, 7) is 2.16. The molecule has 1 saturated carbocycles. The first kappa shape index (κ1) is 16.6. The number of allylic oxidation sites excluding steroid dienone is 1. The summed E-state index contributed by atoms with van der Waals surface area (Å²) < 4.78 is 49.5. The van der Waals surface area contributed by atoms with E-state index in [1.54, 1.807) is 0 Å². The summed E-state index contributed by atoms with van der Waals surface area (Å²) in [4.78, 5) is 15.7. The molecule has 0 N–H and O–H groups in total. The summed E-state index contributed by atoms with van der Waals surface area (Å²) in [6, 6.07) is 2.31. The minimum Gasteiger partial charge on any atom is -0.455 e. The zero-order valence-electron chi connectivity index (χ0n) is 13.7. The van der Waals surface area contributed by atoms with Crippen molar-refractivity contribution in [2.45, 2.75) is 50.7 Å². The number of aromatic nitrogens is 1. The molecule has 1 aromatic rings. The van der Waals surface area contributed by atoms with Gasteiger partial charge in [-0.3, -0.25) is 4.98 Å². The number of hydrogen-bond acceptors (Lipinski definition) is 4. The molecule has 1 saturated heterocycles. The van der Waals surface area contributed by atoms with E-state index in [-0.39, 0.29) is 30.5 Å². The summed E-state index contributed by atoms with van der Waals surface area (Å²) in [6.07, 6.45) is 0.936. The molecule has 0 radical (unpaired) electrons. The standard InChI is InChI=1S/C18H18F3NO3/c1-10-6-12-3-5-15-17(12,13(7-10)16(23)25-15)24-9-11-2-4-14(22-8-11)18(19,20)21/h2,4,7-8,10,12,15H,3,5-6,9H2,1H3/t10-,12?,15+,17-/m0/s1. The van der Waals surface area contributed by atoms with Gasteiger partial charge < -0.3 is 9.47 Å². The van der Waals surface area contributed by atoms with Crippen LogP contribution in [0.25, 0.3) is 0 Å². The lowest BCUT2D eigenvalue weighted by Gasteiger charge is -2.38. The molecular weight excluding hydrogens is 335 g/mol. The van der Waals surface area contributed by atoms with Crippen molar-refractivity contribution in [3.63, 3.8) is 0 Å². The lowest BCUT2D eigenvalue weighted by Crippen LogP contribution is -2.46. The van der Waals surface area contributed by atoms with E-state index in [0.29, 0.717) is 11.1 Å². The lowest BCUT2D eigenvalue weighted by molar-refractivity contribution is -0.142. The second-order valence-electron chi connectivity index (χ2n) is 7.09. The van der Waals surface area contributed by atoms with Crippen LogP contribution in [0.3, 0.4) is 0 Å². The Bertz CT molecular complexity index is 728. The molecule has 2 aliphatic carbocycles. The van der Waals surface area contributed by atoms with Crippen LogP contribution in [0.1, 0.15) is 37.4 Å². The number of rotatable bonds is 3. The van der Waals surface area contributed by atoms with Gasteiger partial charge in [0.25, 0.3) is 0 Å². The van der Waals surface area contributed by atoms with Gasteiger partial charge in [0.15, 0.2) is 0 Å². The molecule has 0 spiro atoms. The van der Waals surface area contributed by atoms with Crippen molar-refractivity contribution in [3.8, 4) is 0 Å². The van der Waals surface area contributed by atoms with E-state index < -0.39 is 17.5 Å². The molecular formula is C18H18F3NO3. The van der Waals surface area contributed by atoms with Crippen molar-refractivity contribution in [3.05, 3.63) is 41.2 Å². The van der Waals surface area contributed by atoms with Crippen molar-refractivity contribution in [1.29, 1.82) is 0 Å². The Morgan fingerprint density at radius 3 is 2.84 bits per heavy atom. The van der Waals surface area contributed by atoms with Crippen molar-refractivity contribution >= 4 is 5.97 Å². The Balaban J connectivity index is 1.57. The van der Waals surface area contributed by atoms with Gasteiger partial charge in [0, 0.05) is 6.20 Å². The Morgan fingerprint density at radius 2 is 2.16 bits per heavy atom. The van der Waals surface area contributed by atoms with Gasteiger partial charge in [0.1, 0.15) is 17.4 Å². The maximum Gasteiger partial charge on any atom is 0.433 e. The van der Waals surface area contributed by atoms with Crippen LogP contribution in [0.5, 0.6) is 0 Å². The first-order valence-electron chi connectivity index (χ1n) is 8.40. The zero-order chi connectivity index (χ0) is 17.8. The first-order chi connectivity index (χ1) is 11.8. The molecule has 2 fully saturated rings. The summed E-state index contributed by atoms with van der Waals surface area (Å²) in [5.41, 5.74) is -0.564. The van der Waals surface area contributed by atoms with Crippen molar-refractivity contribution < 1.29 is 27.4 Å². The van der Waals surface area contributed by atoms with E-state index in [2.05, 4.69) is 11.9 Å². The topological polar surface area (TPSA) is 48.4 Å². The predicted molar refractivity (Wildman–Crippen MR) is 81.2 cm³/mol. The highest BCUT2D eigenvalue weighted by atomic mass is 19.4. The molecule has 1 aliphatic heterocycles.